The molecule has 3 aliphatic heterocycles. The molecule has 25 heteroatoms. The summed E-state index contributed by atoms with van der Waals surface area (Å²) in [7, 11) is -4.14. The monoisotopic (exact) mass is 959 g/mol. The number of nitrogens with one attached hydrogen (secondary N) is 1. The number of pyridine rings is 1. The summed E-state index contributed by atoms with van der Waals surface area (Å²) >= 11 is 0. The number of hydrogen-bond donors (Lipinski definition) is 4. The summed E-state index contributed by atoms with van der Waals surface area (Å²) < 4.78 is 69.7. The van der Waals surface area contributed by atoms with Crippen molar-refractivity contribution in [3.05, 3.63) is 36.0 Å². The third-order valence-electron chi connectivity index (χ3n) is 11.4. The number of aldehydes is 1. The predicted octanol–water partition coefficient (Wildman–Crippen LogP) is -1.39. The van der Waals surface area contributed by atoms with E-state index >= 15 is 0 Å². The van der Waals surface area contributed by atoms with E-state index in [0.29, 0.717) is 120 Å². The summed E-state index contributed by atoms with van der Waals surface area (Å²) in [5.74, 6) is -8.00. The number of aliphatic carboxylic acids is 2. The zero-order valence-corrected chi connectivity index (χ0v) is 37.8. The Morgan fingerprint density at radius 1 is 0.818 bits per heavy atom. The topological polar surface area (TPSA) is 254 Å². The molecule has 1 aromatic heterocycles. The van der Waals surface area contributed by atoms with E-state index in [2.05, 4.69) is 15.2 Å². The van der Waals surface area contributed by atoms with Gasteiger partial charge in [-0.25, -0.2) is 8.78 Å². The van der Waals surface area contributed by atoms with Gasteiger partial charge in [0, 0.05) is 110 Å². The van der Waals surface area contributed by atoms with Crippen LogP contribution in [0.1, 0.15) is 23.2 Å². The SMILES string of the molecule is CO.O=CCN1CCN(CC(=O)O)CCN(CC(=O)O)CCN(CC(=O)N2CCN(CCCOc3ccc4nccc(C(=O)NCC(=O)N5CC(F)(F)CC5CS(=O)(=O)F)c4c3)CC2)CC1. The molecule has 21 nitrogen and oxygen atoms in total. The van der Waals surface area contributed by atoms with Crippen LogP contribution in [0.25, 0.3) is 10.9 Å². The second-order valence-corrected chi connectivity index (χ2v) is 17.6. The normalized spacial score (nSPS) is 19.8. The number of aliphatic hydroxyl groups is 1. The van der Waals surface area contributed by atoms with Crippen molar-refractivity contribution in [3.8, 4) is 5.75 Å². The molecule has 368 valence electrons. The van der Waals surface area contributed by atoms with Crippen LogP contribution in [0, 0.1) is 0 Å². The van der Waals surface area contributed by atoms with Crippen LogP contribution in [0.2, 0.25) is 0 Å². The van der Waals surface area contributed by atoms with Crippen LogP contribution in [0.3, 0.4) is 0 Å². The zero-order valence-electron chi connectivity index (χ0n) is 36.9. The summed E-state index contributed by atoms with van der Waals surface area (Å²) in [4.78, 5) is 90.2. The molecule has 0 aliphatic carbocycles. The van der Waals surface area contributed by atoms with E-state index in [1.807, 2.05) is 9.80 Å². The fourth-order valence-electron chi connectivity index (χ4n) is 8.05. The van der Waals surface area contributed by atoms with Crippen LogP contribution < -0.4 is 10.1 Å². The number of carboxylic acids is 2. The first-order valence-electron chi connectivity index (χ1n) is 21.5. The van der Waals surface area contributed by atoms with Gasteiger partial charge in [0.1, 0.15) is 17.8 Å². The Labute approximate surface area is 381 Å². The van der Waals surface area contributed by atoms with E-state index < -0.39 is 71.2 Å². The number of rotatable bonds is 18. The van der Waals surface area contributed by atoms with Gasteiger partial charge < -0.3 is 40.0 Å². The standard InChI is InChI=1S/C40H56F3N9O11S.CH4O/c41-40(42)23-30(28-64(43,61)62)52(29-40)35(54)24-45-39(60)32-4-5-44-34-3-2-31(22-33(32)34)63-21-1-6-46-15-17-51(18-16-46)36(55)25-48-9-7-47(19-20-53)8-10-49(26-37(56)57)13-14-50(12-11-48)27-38(58)59;1-2/h2-5,20,22,30H,1,6-19,21,23-29H2,(H,45,60)(H,56,57)(H,58,59);2H,1H3. The molecule has 1 atom stereocenters. The maximum atomic E-state index is 14.0. The van der Waals surface area contributed by atoms with Gasteiger partial charge in [-0.15, -0.1) is 3.89 Å². The molecule has 5 rings (SSSR count). The van der Waals surface area contributed by atoms with Crippen molar-refractivity contribution in [2.45, 2.75) is 24.8 Å². The second-order valence-electron chi connectivity index (χ2n) is 16.2. The summed E-state index contributed by atoms with van der Waals surface area (Å²) in [5, 5.41) is 28.6. The first kappa shape index (κ1) is 53.6. The molecular weight excluding hydrogens is 900 g/mol. The highest BCUT2D eigenvalue weighted by molar-refractivity contribution is 7.86. The van der Waals surface area contributed by atoms with Crippen LogP contribution in [-0.2, 0) is 34.2 Å². The third-order valence-corrected chi connectivity index (χ3v) is 12.2. The van der Waals surface area contributed by atoms with Crippen molar-refractivity contribution >= 4 is 57.1 Å². The van der Waals surface area contributed by atoms with Crippen molar-refractivity contribution in [3.63, 3.8) is 0 Å². The summed E-state index contributed by atoms with van der Waals surface area (Å²) in [6.07, 6.45) is 1.80. The van der Waals surface area contributed by atoms with Gasteiger partial charge >= 0.3 is 22.2 Å². The number of alkyl halides is 2. The molecule has 1 aromatic carbocycles. The Kier molecular flexibility index (Phi) is 20.9. The van der Waals surface area contributed by atoms with E-state index in [4.69, 9.17) is 9.84 Å². The van der Waals surface area contributed by atoms with Gasteiger partial charge in [0.2, 0.25) is 11.8 Å². The summed E-state index contributed by atoms with van der Waals surface area (Å²) in [6, 6.07) is 4.80. The van der Waals surface area contributed by atoms with Crippen molar-refractivity contribution in [2.24, 2.45) is 0 Å². The zero-order chi connectivity index (χ0) is 48.4. The van der Waals surface area contributed by atoms with Gasteiger partial charge in [0.05, 0.1) is 63.0 Å². The van der Waals surface area contributed by atoms with E-state index in [-0.39, 0.29) is 37.6 Å². The maximum absolute atomic E-state index is 14.0. The summed E-state index contributed by atoms with van der Waals surface area (Å²) in [6.45, 7) is 4.48. The lowest BCUT2D eigenvalue weighted by Crippen LogP contribution is -2.53. The third kappa shape index (κ3) is 17.6. The molecule has 3 amide bonds. The Hall–Kier alpha value is -5.05. The van der Waals surface area contributed by atoms with Crippen molar-refractivity contribution in [1.29, 1.82) is 0 Å². The van der Waals surface area contributed by atoms with Gasteiger partial charge in [-0.1, -0.05) is 0 Å². The lowest BCUT2D eigenvalue weighted by atomic mass is 10.1. The van der Waals surface area contributed by atoms with Crippen molar-refractivity contribution < 1.29 is 69.9 Å². The Balaban J connectivity index is 0.00000469. The van der Waals surface area contributed by atoms with Gasteiger partial charge in [0.15, 0.2) is 0 Å². The number of fused-ring (bicyclic) bond motifs is 1. The number of nitrogens with zero attached hydrogens (tertiary/aromatic N) is 8. The highest BCUT2D eigenvalue weighted by Crippen LogP contribution is 2.33. The minimum absolute atomic E-state index is 0.0593. The molecule has 2 aromatic rings. The molecule has 3 aliphatic rings. The molecule has 0 bridgehead atoms. The molecule has 66 heavy (non-hydrogen) atoms. The van der Waals surface area contributed by atoms with Crippen LogP contribution >= 0.6 is 0 Å². The number of amides is 3. The molecule has 0 spiro atoms. The van der Waals surface area contributed by atoms with E-state index in [0.717, 1.165) is 13.4 Å². The summed E-state index contributed by atoms with van der Waals surface area (Å²) in [5.41, 5.74) is 0.569. The van der Waals surface area contributed by atoms with Gasteiger partial charge in [-0.2, -0.15) is 8.42 Å². The fourth-order valence-corrected chi connectivity index (χ4v) is 8.81. The number of halogens is 3. The second kappa shape index (κ2) is 25.7. The predicted molar refractivity (Wildman–Crippen MR) is 232 cm³/mol. The smallest absolute Gasteiger partial charge is 0.317 e. The number of piperazine rings is 1. The minimum Gasteiger partial charge on any atom is -0.494 e. The Morgan fingerprint density at radius 3 is 1.94 bits per heavy atom. The lowest BCUT2D eigenvalue weighted by molar-refractivity contribution is -0.140. The largest absolute Gasteiger partial charge is 0.494 e. The van der Waals surface area contributed by atoms with Crippen molar-refractivity contribution in [1.82, 2.24) is 44.6 Å². The molecule has 3 fully saturated rings. The quantitative estimate of drug-likeness (QED) is 0.0763. The highest BCUT2D eigenvalue weighted by Gasteiger charge is 2.48. The van der Waals surface area contributed by atoms with Gasteiger partial charge in [-0.05, 0) is 30.7 Å². The maximum Gasteiger partial charge on any atom is 0.317 e. The number of aliphatic hydroxyl groups excluding tert-OH is 1. The molecule has 0 saturated carbocycles. The minimum atomic E-state index is -5.14. The molecule has 3 saturated heterocycles. The van der Waals surface area contributed by atoms with Gasteiger partial charge in [-0.3, -0.25) is 53.5 Å². The first-order chi connectivity index (χ1) is 31.4. The number of aromatic nitrogens is 1. The number of carbonyl (C=O) groups excluding carboxylic acids is 4. The number of benzene rings is 1. The van der Waals surface area contributed by atoms with Crippen LogP contribution in [-0.4, -0.2) is 255 Å². The number of hydrogen-bond acceptors (Lipinski definition) is 16. The first-order valence-corrected chi connectivity index (χ1v) is 23.0. The average molecular weight is 960 g/mol. The van der Waals surface area contributed by atoms with E-state index in [9.17, 15) is 60.1 Å². The number of likely N-dealkylation sites (tertiary alicyclic amines) is 1. The lowest BCUT2D eigenvalue weighted by Gasteiger charge is -2.37. The van der Waals surface area contributed by atoms with Crippen LogP contribution in [0.5, 0.6) is 5.75 Å². The van der Waals surface area contributed by atoms with Gasteiger partial charge in [0.25, 0.3) is 11.8 Å². The number of ether oxygens (including phenoxy) is 1. The Bertz CT molecular complexity index is 2080. The molecular formula is C41H60F3N9O12S. The fraction of sp³-hybridized carbons (Fsp3) is 0.634. The molecule has 4 N–H and O–H groups in total. The highest BCUT2D eigenvalue weighted by atomic mass is 32.3. The van der Waals surface area contributed by atoms with Crippen molar-refractivity contribution in [2.75, 3.05) is 144 Å². The molecule has 1 unspecified atom stereocenters. The van der Waals surface area contributed by atoms with Crippen LogP contribution in [0.15, 0.2) is 30.5 Å². The van der Waals surface area contributed by atoms with E-state index in [1.165, 1.54) is 12.3 Å². The molecule has 0 radical (unpaired) electrons. The molecule has 4 heterocycles. The van der Waals surface area contributed by atoms with E-state index in [1.54, 1.807) is 32.9 Å². The average Bonchev–Trinajstić information content (AvgIpc) is 3.57. The van der Waals surface area contributed by atoms with Crippen LogP contribution in [0.4, 0.5) is 12.7 Å². The Morgan fingerprint density at radius 2 is 1.38 bits per heavy atom. The number of carboxylic acid groups (broad SMARTS) is 2. The number of carbonyl (C=O) groups is 6.